The number of fused-ring (bicyclic) bond motifs is 1. The number of hydrogen-bond acceptors (Lipinski definition) is 4. The van der Waals surface area contributed by atoms with Crippen molar-refractivity contribution in [2.24, 2.45) is 5.10 Å². The van der Waals surface area contributed by atoms with Gasteiger partial charge in [0.25, 0.3) is 5.56 Å². The van der Waals surface area contributed by atoms with Crippen LogP contribution in [0.25, 0.3) is 22.0 Å². The Labute approximate surface area is 179 Å². The summed E-state index contributed by atoms with van der Waals surface area (Å²) in [4.78, 5) is 12.9. The Morgan fingerprint density at radius 1 is 1.00 bits per heavy atom. The standard InChI is InChI=1S/C24H14F3N3O2/c25-24(26,27)20-12-21(16-7-2-1-3-8-16)30(23(32)18(20)13-28)29-14-19-17-9-5-4-6-15(17)10-11-22(19)31/h1-12,14,31H. The predicted octanol–water partition coefficient (Wildman–Crippen LogP) is 5.15. The van der Waals surface area contributed by atoms with Gasteiger partial charge in [-0.15, -0.1) is 0 Å². The van der Waals surface area contributed by atoms with Crippen molar-refractivity contribution in [3.05, 3.63) is 99.8 Å². The molecule has 1 heterocycles. The minimum atomic E-state index is -4.90. The third-order valence-corrected chi connectivity index (χ3v) is 4.92. The summed E-state index contributed by atoms with van der Waals surface area (Å²) < 4.78 is 41.4. The van der Waals surface area contributed by atoms with Crippen LogP contribution in [0, 0.1) is 11.3 Å². The molecule has 0 saturated carbocycles. The zero-order valence-corrected chi connectivity index (χ0v) is 16.3. The van der Waals surface area contributed by atoms with E-state index in [0.29, 0.717) is 10.9 Å². The van der Waals surface area contributed by atoms with E-state index < -0.39 is 22.9 Å². The molecule has 0 spiro atoms. The summed E-state index contributed by atoms with van der Waals surface area (Å²) in [6.07, 6.45) is -3.70. The zero-order valence-electron chi connectivity index (χ0n) is 16.3. The van der Waals surface area contributed by atoms with E-state index in [-0.39, 0.29) is 17.0 Å². The lowest BCUT2D eigenvalue weighted by molar-refractivity contribution is -0.137. The number of nitriles is 1. The van der Waals surface area contributed by atoms with Gasteiger partial charge in [0, 0.05) is 11.1 Å². The molecule has 158 valence electrons. The van der Waals surface area contributed by atoms with Crippen LogP contribution in [-0.4, -0.2) is 16.0 Å². The summed E-state index contributed by atoms with van der Waals surface area (Å²) in [5, 5.41) is 25.1. The predicted molar refractivity (Wildman–Crippen MR) is 114 cm³/mol. The molecular weight excluding hydrogens is 419 g/mol. The molecule has 8 heteroatoms. The number of phenols is 1. The lowest BCUT2D eigenvalue weighted by atomic mass is 10.0. The number of rotatable bonds is 3. The van der Waals surface area contributed by atoms with Crippen LogP contribution in [0.4, 0.5) is 13.2 Å². The first-order chi connectivity index (χ1) is 15.3. The number of benzene rings is 3. The molecule has 4 aromatic rings. The van der Waals surface area contributed by atoms with E-state index >= 15 is 0 Å². The average molecular weight is 433 g/mol. The third kappa shape index (κ3) is 3.72. The van der Waals surface area contributed by atoms with Crippen molar-refractivity contribution in [2.75, 3.05) is 0 Å². The number of alkyl halides is 3. The molecule has 0 radical (unpaired) electrons. The molecule has 1 aromatic heterocycles. The lowest BCUT2D eigenvalue weighted by Gasteiger charge is -2.14. The van der Waals surface area contributed by atoms with Crippen LogP contribution in [0.1, 0.15) is 16.7 Å². The summed E-state index contributed by atoms with van der Waals surface area (Å²) in [6, 6.07) is 20.3. The number of phenolic OH excluding ortho intramolecular Hbond substituents is 1. The summed E-state index contributed by atoms with van der Waals surface area (Å²) in [6.45, 7) is 0. The Bertz CT molecular complexity index is 1450. The Balaban J connectivity index is 2.00. The molecule has 0 aliphatic carbocycles. The van der Waals surface area contributed by atoms with E-state index in [1.54, 1.807) is 36.4 Å². The number of nitrogens with zero attached hydrogens (tertiary/aromatic N) is 3. The topological polar surface area (TPSA) is 78.4 Å². The maximum absolute atomic E-state index is 13.6. The molecule has 0 amide bonds. The molecule has 0 saturated heterocycles. The molecule has 0 unspecified atom stereocenters. The van der Waals surface area contributed by atoms with Gasteiger partial charge in [0.15, 0.2) is 0 Å². The van der Waals surface area contributed by atoms with Gasteiger partial charge in [-0.25, -0.2) is 0 Å². The highest BCUT2D eigenvalue weighted by Crippen LogP contribution is 2.33. The van der Waals surface area contributed by atoms with Crippen molar-refractivity contribution in [3.63, 3.8) is 0 Å². The van der Waals surface area contributed by atoms with Crippen LogP contribution in [0.2, 0.25) is 0 Å². The molecule has 3 aromatic carbocycles. The second kappa shape index (κ2) is 8.04. The van der Waals surface area contributed by atoms with Crippen LogP contribution in [0.3, 0.4) is 0 Å². The van der Waals surface area contributed by atoms with Crippen molar-refractivity contribution in [2.45, 2.75) is 6.18 Å². The first-order valence-electron chi connectivity index (χ1n) is 9.39. The summed E-state index contributed by atoms with van der Waals surface area (Å²) in [5.74, 6) is -0.117. The normalized spacial score (nSPS) is 11.7. The molecule has 4 rings (SSSR count). The maximum Gasteiger partial charge on any atom is 0.417 e. The van der Waals surface area contributed by atoms with E-state index in [1.807, 2.05) is 12.1 Å². The van der Waals surface area contributed by atoms with Gasteiger partial charge in [0.2, 0.25) is 0 Å². The van der Waals surface area contributed by atoms with Crippen LogP contribution in [0.15, 0.2) is 82.7 Å². The van der Waals surface area contributed by atoms with Gasteiger partial charge in [0.05, 0.1) is 17.5 Å². The van der Waals surface area contributed by atoms with Gasteiger partial charge < -0.3 is 5.11 Å². The van der Waals surface area contributed by atoms with Gasteiger partial charge in [-0.3, -0.25) is 4.79 Å². The van der Waals surface area contributed by atoms with Gasteiger partial charge in [-0.05, 0) is 22.9 Å². The number of halogens is 3. The Morgan fingerprint density at radius 2 is 1.69 bits per heavy atom. The van der Waals surface area contributed by atoms with Gasteiger partial charge in [-0.1, -0.05) is 60.7 Å². The highest BCUT2D eigenvalue weighted by atomic mass is 19.4. The first kappa shape index (κ1) is 20.9. The van der Waals surface area contributed by atoms with Gasteiger partial charge in [-0.2, -0.15) is 28.2 Å². The average Bonchev–Trinajstić information content (AvgIpc) is 2.78. The minimum Gasteiger partial charge on any atom is -0.507 e. The molecule has 5 nitrogen and oxygen atoms in total. The van der Waals surface area contributed by atoms with Gasteiger partial charge in [0.1, 0.15) is 17.4 Å². The summed E-state index contributed by atoms with van der Waals surface area (Å²) >= 11 is 0. The fourth-order valence-corrected chi connectivity index (χ4v) is 3.40. The molecule has 0 fully saturated rings. The SMILES string of the molecule is N#Cc1c(C(F)(F)F)cc(-c2ccccc2)n(N=Cc2c(O)ccc3ccccc23)c1=O. The largest absolute Gasteiger partial charge is 0.507 e. The van der Waals surface area contributed by atoms with Crippen molar-refractivity contribution < 1.29 is 18.3 Å². The fourth-order valence-electron chi connectivity index (χ4n) is 3.40. The first-order valence-corrected chi connectivity index (χ1v) is 9.39. The Kier molecular flexibility index (Phi) is 5.24. The van der Waals surface area contributed by atoms with Crippen LogP contribution < -0.4 is 5.56 Å². The maximum atomic E-state index is 13.6. The van der Waals surface area contributed by atoms with Crippen LogP contribution >= 0.6 is 0 Å². The monoisotopic (exact) mass is 433 g/mol. The van der Waals surface area contributed by atoms with E-state index in [1.165, 1.54) is 30.5 Å². The highest BCUT2D eigenvalue weighted by molar-refractivity contribution is 6.02. The lowest BCUT2D eigenvalue weighted by Crippen LogP contribution is -2.26. The molecule has 0 aliphatic rings. The summed E-state index contributed by atoms with van der Waals surface area (Å²) in [7, 11) is 0. The molecule has 1 N–H and O–H groups in total. The summed E-state index contributed by atoms with van der Waals surface area (Å²) in [5.41, 5.74) is -3.15. The van der Waals surface area contributed by atoms with Crippen molar-refractivity contribution in [3.8, 4) is 23.1 Å². The highest BCUT2D eigenvalue weighted by Gasteiger charge is 2.36. The molecular formula is C24H14F3N3O2. The van der Waals surface area contributed by atoms with Crippen LogP contribution in [0.5, 0.6) is 5.75 Å². The van der Waals surface area contributed by atoms with Gasteiger partial charge >= 0.3 is 6.18 Å². The van der Waals surface area contributed by atoms with Crippen molar-refractivity contribution >= 4 is 17.0 Å². The number of aromatic nitrogens is 1. The Hall–Kier alpha value is -4.38. The second-order valence-electron chi connectivity index (χ2n) is 6.87. The van der Waals surface area contributed by atoms with E-state index in [4.69, 9.17) is 0 Å². The van der Waals surface area contributed by atoms with E-state index in [0.717, 1.165) is 16.1 Å². The quantitative estimate of drug-likeness (QED) is 0.454. The number of hydrogen-bond donors (Lipinski definition) is 1. The second-order valence-corrected chi connectivity index (χ2v) is 6.87. The van der Waals surface area contributed by atoms with Crippen molar-refractivity contribution in [1.29, 1.82) is 5.26 Å². The van der Waals surface area contributed by atoms with Crippen molar-refractivity contribution in [1.82, 2.24) is 4.68 Å². The molecule has 32 heavy (non-hydrogen) atoms. The number of pyridine rings is 1. The fraction of sp³-hybridized carbons (Fsp3) is 0.0417. The molecule has 0 bridgehead atoms. The van der Waals surface area contributed by atoms with Crippen LogP contribution in [-0.2, 0) is 6.18 Å². The smallest absolute Gasteiger partial charge is 0.417 e. The minimum absolute atomic E-state index is 0.117. The zero-order chi connectivity index (χ0) is 22.9. The van der Waals surface area contributed by atoms with E-state index in [2.05, 4.69) is 5.10 Å². The Morgan fingerprint density at radius 3 is 2.38 bits per heavy atom. The van der Waals surface area contributed by atoms with E-state index in [9.17, 15) is 28.3 Å². The molecule has 0 atom stereocenters. The molecule has 0 aliphatic heterocycles. The third-order valence-electron chi connectivity index (χ3n) is 4.92. The number of aromatic hydroxyl groups is 1.